The van der Waals surface area contributed by atoms with Gasteiger partial charge in [0.1, 0.15) is 5.52 Å². The number of nitrogens with zero attached hydrogens (tertiary/aromatic N) is 4. The first kappa shape index (κ1) is 19.1. The Hall–Kier alpha value is -3.22. The summed E-state index contributed by atoms with van der Waals surface area (Å²) in [5, 5.41) is 2.94. The van der Waals surface area contributed by atoms with Crippen LogP contribution in [-0.4, -0.2) is 49.9 Å². The molecule has 0 aliphatic carbocycles. The fraction of sp³-hybridized carbons (Fsp3) is 0.364. The number of imidazole rings is 1. The Kier molecular flexibility index (Phi) is 5.29. The molecule has 3 aromatic rings. The Morgan fingerprint density at radius 1 is 1.28 bits per heavy atom. The highest BCUT2D eigenvalue weighted by Crippen LogP contribution is 2.18. The standard InChI is InChI=1S/C22H25N5O2/c1-15(2)27(13-18-8-9-20(28)25-18)22(29)17-10-19-21(23-11-17)26(14-24-19)12-16-6-4-3-5-7-16/h3-7,10-11,14-15,18H,8-9,12-13H2,1-2H3,(H,25,28). The second-order valence-corrected chi connectivity index (χ2v) is 7.78. The zero-order chi connectivity index (χ0) is 20.4. The van der Waals surface area contributed by atoms with Gasteiger partial charge in [0, 0.05) is 31.2 Å². The van der Waals surface area contributed by atoms with Crippen molar-refractivity contribution in [2.45, 2.75) is 45.3 Å². The molecule has 1 saturated heterocycles. The third-order valence-electron chi connectivity index (χ3n) is 5.28. The Labute approximate surface area is 169 Å². The highest BCUT2D eigenvalue weighted by atomic mass is 16.2. The number of hydrogen-bond donors (Lipinski definition) is 1. The van der Waals surface area contributed by atoms with Crippen molar-refractivity contribution in [2.24, 2.45) is 0 Å². The van der Waals surface area contributed by atoms with Gasteiger partial charge in [-0.2, -0.15) is 0 Å². The lowest BCUT2D eigenvalue weighted by Gasteiger charge is -2.29. The molecule has 1 atom stereocenters. The van der Waals surface area contributed by atoms with Crippen LogP contribution in [0.2, 0.25) is 0 Å². The van der Waals surface area contributed by atoms with Crippen molar-refractivity contribution in [3.05, 3.63) is 60.0 Å². The minimum atomic E-state index is -0.0897. The SMILES string of the molecule is CC(C)N(CC1CCC(=O)N1)C(=O)c1cnc2c(c1)ncn2Cc1ccccc1. The molecule has 7 nitrogen and oxygen atoms in total. The van der Waals surface area contributed by atoms with Gasteiger partial charge in [0.15, 0.2) is 5.65 Å². The molecule has 1 N–H and O–H groups in total. The fourth-order valence-corrected chi connectivity index (χ4v) is 3.71. The van der Waals surface area contributed by atoms with Crippen molar-refractivity contribution < 1.29 is 9.59 Å². The van der Waals surface area contributed by atoms with Gasteiger partial charge in [-0.1, -0.05) is 30.3 Å². The van der Waals surface area contributed by atoms with Crippen LogP contribution in [0.1, 0.15) is 42.6 Å². The molecule has 1 fully saturated rings. The van der Waals surface area contributed by atoms with Crippen molar-refractivity contribution in [1.82, 2.24) is 24.8 Å². The topological polar surface area (TPSA) is 80.1 Å². The first-order chi connectivity index (χ1) is 14.0. The van der Waals surface area contributed by atoms with Crippen LogP contribution in [0, 0.1) is 0 Å². The average Bonchev–Trinajstić information content (AvgIpc) is 3.32. The maximum absolute atomic E-state index is 13.1. The molecule has 29 heavy (non-hydrogen) atoms. The number of amides is 2. The van der Waals surface area contributed by atoms with Gasteiger partial charge in [-0.25, -0.2) is 9.97 Å². The average molecular weight is 391 g/mol. The molecule has 1 unspecified atom stereocenters. The van der Waals surface area contributed by atoms with Crippen molar-refractivity contribution in [1.29, 1.82) is 0 Å². The number of rotatable bonds is 6. The van der Waals surface area contributed by atoms with Crippen molar-refractivity contribution in [3.8, 4) is 0 Å². The second-order valence-electron chi connectivity index (χ2n) is 7.78. The maximum atomic E-state index is 13.1. The Bertz CT molecular complexity index is 1030. The van der Waals surface area contributed by atoms with E-state index in [2.05, 4.69) is 27.4 Å². The minimum Gasteiger partial charge on any atom is -0.352 e. The van der Waals surface area contributed by atoms with E-state index in [0.717, 1.165) is 12.1 Å². The maximum Gasteiger partial charge on any atom is 0.255 e. The van der Waals surface area contributed by atoms with E-state index in [-0.39, 0.29) is 23.9 Å². The molecule has 0 radical (unpaired) electrons. The van der Waals surface area contributed by atoms with Crippen LogP contribution in [0.4, 0.5) is 0 Å². The van der Waals surface area contributed by atoms with Gasteiger partial charge in [0.2, 0.25) is 5.91 Å². The number of nitrogens with one attached hydrogen (secondary N) is 1. The van der Waals surface area contributed by atoms with E-state index < -0.39 is 0 Å². The molecule has 2 amide bonds. The summed E-state index contributed by atoms with van der Waals surface area (Å²) in [7, 11) is 0. The third-order valence-corrected chi connectivity index (χ3v) is 5.28. The van der Waals surface area contributed by atoms with E-state index in [0.29, 0.717) is 30.6 Å². The molecule has 0 saturated carbocycles. The zero-order valence-corrected chi connectivity index (χ0v) is 16.7. The number of pyridine rings is 1. The van der Waals surface area contributed by atoms with Crippen LogP contribution in [0.5, 0.6) is 0 Å². The summed E-state index contributed by atoms with van der Waals surface area (Å²) < 4.78 is 1.98. The van der Waals surface area contributed by atoms with E-state index >= 15 is 0 Å². The van der Waals surface area contributed by atoms with Crippen LogP contribution < -0.4 is 5.32 Å². The molecule has 1 aliphatic heterocycles. The molecule has 3 heterocycles. The Morgan fingerprint density at radius 3 is 2.76 bits per heavy atom. The third kappa shape index (κ3) is 4.13. The molecular weight excluding hydrogens is 366 g/mol. The van der Waals surface area contributed by atoms with Gasteiger partial charge in [0.25, 0.3) is 5.91 Å². The van der Waals surface area contributed by atoms with E-state index in [1.807, 2.05) is 36.6 Å². The van der Waals surface area contributed by atoms with Crippen molar-refractivity contribution in [3.63, 3.8) is 0 Å². The summed E-state index contributed by atoms with van der Waals surface area (Å²) in [5.41, 5.74) is 3.13. The second kappa shape index (κ2) is 8.03. The van der Waals surface area contributed by atoms with Gasteiger partial charge < -0.3 is 14.8 Å². The molecule has 2 aromatic heterocycles. The molecule has 1 aliphatic rings. The van der Waals surface area contributed by atoms with Gasteiger partial charge in [-0.05, 0) is 31.9 Å². The molecule has 1 aromatic carbocycles. The van der Waals surface area contributed by atoms with E-state index in [1.165, 1.54) is 5.56 Å². The smallest absolute Gasteiger partial charge is 0.255 e. The van der Waals surface area contributed by atoms with Crippen LogP contribution in [0.25, 0.3) is 11.2 Å². The summed E-state index contributed by atoms with van der Waals surface area (Å²) >= 11 is 0. The summed E-state index contributed by atoms with van der Waals surface area (Å²) in [6.45, 7) is 5.14. The highest BCUT2D eigenvalue weighted by Gasteiger charge is 2.27. The number of carbonyl (C=O) groups is 2. The number of aromatic nitrogens is 3. The lowest BCUT2D eigenvalue weighted by molar-refractivity contribution is -0.119. The molecule has 0 bridgehead atoms. The molecular formula is C22H25N5O2. The molecule has 0 spiro atoms. The highest BCUT2D eigenvalue weighted by molar-refractivity contribution is 5.96. The van der Waals surface area contributed by atoms with Crippen molar-refractivity contribution >= 4 is 23.0 Å². The predicted octanol–water partition coefficient (Wildman–Crippen LogP) is 2.61. The van der Waals surface area contributed by atoms with Gasteiger partial charge in [-0.3, -0.25) is 9.59 Å². The number of fused-ring (bicyclic) bond motifs is 1. The normalized spacial score (nSPS) is 16.4. The fourth-order valence-electron chi connectivity index (χ4n) is 3.71. The first-order valence-corrected chi connectivity index (χ1v) is 9.96. The van der Waals surface area contributed by atoms with E-state index in [4.69, 9.17) is 0 Å². The van der Waals surface area contributed by atoms with Gasteiger partial charge in [-0.15, -0.1) is 0 Å². The van der Waals surface area contributed by atoms with Crippen LogP contribution in [-0.2, 0) is 11.3 Å². The van der Waals surface area contributed by atoms with E-state index in [9.17, 15) is 9.59 Å². The first-order valence-electron chi connectivity index (χ1n) is 9.96. The van der Waals surface area contributed by atoms with Crippen LogP contribution in [0.3, 0.4) is 0 Å². The van der Waals surface area contributed by atoms with E-state index in [1.54, 1.807) is 23.5 Å². The molecule has 150 valence electrons. The van der Waals surface area contributed by atoms with Gasteiger partial charge in [0.05, 0.1) is 18.4 Å². The number of benzene rings is 1. The van der Waals surface area contributed by atoms with Crippen molar-refractivity contribution in [2.75, 3.05) is 6.54 Å². The van der Waals surface area contributed by atoms with Crippen LogP contribution >= 0.6 is 0 Å². The number of carbonyl (C=O) groups excluding carboxylic acids is 2. The summed E-state index contributed by atoms with van der Waals surface area (Å²) in [6, 6.07) is 12.0. The Balaban J connectivity index is 1.55. The predicted molar refractivity (Wildman–Crippen MR) is 110 cm³/mol. The number of hydrogen-bond acceptors (Lipinski definition) is 4. The monoisotopic (exact) mass is 391 g/mol. The summed E-state index contributed by atoms with van der Waals surface area (Å²) in [6.07, 6.45) is 4.66. The minimum absolute atomic E-state index is 0.00983. The largest absolute Gasteiger partial charge is 0.352 e. The molecule has 4 rings (SSSR count). The lowest BCUT2D eigenvalue weighted by Crippen LogP contribution is -2.45. The summed E-state index contributed by atoms with van der Waals surface area (Å²) in [5.74, 6) is -0.0358. The Morgan fingerprint density at radius 2 is 2.07 bits per heavy atom. The molecule has 7 heteroatoms. The zero-order valence-electron chi connectivity index (χ0n) is 16.7. The summed E-state index contributed by atoms with van der Waals surface area (Å²) in [4.78, 5) is 35.4. The lowest BCUT2D eigenvalue weighted by atomic mass is 10.1. The quantitative estimate of drug-likeness (QED) is 0.700. The van der Waals surface area contributed by atoms with Crippen LogP contribution in [0.15, 0.2) is 48.9 Å². The van der Waals surface area contributed by atoms with Gasteiger partial charge >= 0.3 is 0 Å².